The molecule has 2 aromatic carbocycles. The lowest BCUT2D eigenvalue weighted by Crippen LogP contribution is -2.13. The Balaban J connectivity index is 2.30. The third kappa shape index (κ3) is 3.83. The van der Waals surface area contributed by atoms with Crippen LogP contribution in [0.5, 0.6) is 0 Å². The monoisotopic (exact) mass is 377 g/mol. The quantitative estimate of drug-likeness (QED) is 0.613. The molecule has 0 aliphatic heterocycles. The molecule has 0 bridgehead atoms. The molecule has 0 saturated heterocycles. The number of hydrogen-bond acceptors (Lipinski definition) is 4. The second-order valence-corrected chi connectivity index (χ2v) is 6.30. The zero-order chi connectivity index (χ0) is 20.1. The summed E-state index contributed by atoms with van der Waals surface area (Å²) in [5.74, 6) is -1.11. The van der Waals surface area contributed by atoms with Crippen molar-refractivity contribution in [2.75, 3.05) is 13.2 Å². The first-order valence-electron chi connectivity index (χ1n) is 9.29. The number of nitrogens with one attached hydrogen (secondary N) is 1. The predicted octanol–water partition coefficient (Wildman–Crippen LogP) is 5.01. The molecule has 5 heteroatoms. The van der Waals surface area contributed by atoms with Gasteiger partial charge in [0.15, 0.2) is 0 Å². The minimum atomic E-state index is -0.556. The maximum Gasteiger partial charge on any atom is 0.341 e. The highest BCUT2D eigenvalue weighted by atomic mass is 16.5. The van der Waals surface area contributed by atoms with Gasteiger partial charge in [-0.1, -0.05) is 60.2 Å². The Morgan fingerprint density at radius 2 is 1.21 bits per heavy atom. The second-order valence-electron chi connectivity index (χ2n) is 6.30. The van der Waals surface area contributed by atoms with Gasteiger partial charge in [-0.15, -0.1) is 0 Å². The summed E-state index contributed by atoms with van der Waals surface area (Å²) in [5, 5.41) is 0. The molecular formula is C23H23NO4. The lowest BCUT2D eigenvalue weighted by Gasteiger charge is -2.08. The highest BCUT2D eigenvalue weighted by Crippen LogP contribution is 2.35. The van der Waals surface area contributed by atoms with Gasteiger partial charge >= 0.3 is 11.9 Å². The van der Waals surface area contributed by atoms with Crippen molar-refractivity contribution >= 4 is 11.9 Å². The normalized spacial score (nSPS) is 10.5. The van der Waals surface area contributed by atoms with Crippen LogP contribution in [0.4, 0.5) is 0 Å². The fourth-order valence-corrected chi connectivity index (χ4v) is 3.07. The van der Waals surface area contributed by atoms with Crippen molar-refractivity contribution in [3.63, 3.8) is 0 Å². The molecule has 0 aliphatic carbocycles. The van der Waals surface area contributed by atoms with E-state index in [2.05, 4.69) is 4.98 Å². The summed E-state index contributed by atoms with van der Waals surface area (Å²) in [4.78, 5) is 28.9. The summed E-state index contributed by atoms with van der Waals surface area (Å²) >= 11 is 0. The summed E-state index contributed by atoms with van der Waals surface area (Å²) in [6.07, 6.45) is 0. The number of aryl methyl sites for hydroxylation is 1. The Kier molecular flexibility index (Phi) is 5.94. The number of benzene rings is 2. The van der Waals surface area contributed by atoms with Gasteiger partial charge in [-0.3, -0.25) is 0 Å². The third-order valence-corrected chi connectivity index (χ3v) is 4.36. The van der Waals surface area contributed by atoms with Crippen LogP contribution in [0.1, 0.15) is 40.1 Å². The Hall–Kier alpha value is -3.34. The average molecular weight is 377 g/mol. The van der Waals surface area contributed by atoms with Crippen LogP contribution in [0.15, 0.2) is 54.6 Å². The molecule has 0 unspecified atom stereocenters. The van der Waals surface area contributed by atoms with E-state index in [0.717, 1.165) is 16.7 Å². The van der Waals surface area contributed by atoms with Crippen LogP contribution in [0.25, 0.3) is 22.5 Å². The van der Waals surface area contributed by atoms with Crippen molar-refractivity contribution in [3.05, 3.63) is 71.3 Å². The van der Waals surface area contributed by atoms with Crippen molar-refractivity contribution in [1.82, 2.24) is 4.98 Å². The molecule has 0 radical (unpaired) electrons. The van der Waals surface area contributed by atoms with E-state index in [-0.39, 0.29) is 24.3 Å². The smallest absolute Gasteiger partial charge is 0.341 e. The number of aromatic amines is 1. The summed E-state index contributed by atoms with van der Waals surface area (Å²) < 4.78 is 10.5. The molecule has 1 aromatic heterocycles. The van der Waals surface area contributed by atoms with E-state index in [9.17, 15) is 9.59 Å². The van der Waals surface area contributed by atoms with Crippen LogP contribution in [-0.2, 0) is 9.47 Å². The number of hydrogen-bond donors (Lipinski definition) is 1. The zero-order valence-corrected chi connectivity index (χ0v) is 16.2. The third-order valence-electron chi connectivity index (χ3n) is 4.36. The average Bonchev–Trinajstić information content (AvgIpc) is 3.10. The fraction of sp³-hybridized carbons (Fsp3) is 0.217. The van der Waals surface area contributed by atoms with E-state index in [0.29, 0.717) is 11.4 Å². The van der Waals surface area contributed by atoms with E-state index < -0.39 is 11.9 Å². The first-order valence-corrected chi connectivity index (χ1v) is 9.29. The standard InChI is InChI=1S/C23H23NO4/c1-4-27-22(25)18-19(23(26)28-5-2)21(17-13-11-15(3)12-14-17)24-20(18)16-9-7-6-8-10-16/h6-14,24H,4-5H2,1-3H3. The second kappa shape index (κ2) is 8.57. The number of rotatable bonds is 6. The number of carbonyl (C=O) groups is 2. The SMILES string of the molecule is CCOC(=O)c1c(-c2ccccc2)[nH]c(-c2ccc(C)cc2)c1C(=O)OCC. The molecule has 1 heterocycles. The number of carbonyl (C=O) groups excluding carboxylic acids is 2. The van der Waals surface area contributed by atoms with Crippen LogP contribution in [-0.4, -0.2) is 30.1 Å². The zero-order valence-electron chi connectivity index (χ0n) is 16.2. The predicted molar refractivity (Wildman–Crippen MR) is 108 cm³/mol. The molecule has 0 aliphatic rings. The Morgan fingerprint density at radius 3 is 1.68 bits per heavy atom. The van der Waals surface area contributed by atoms with Crippen LogP contribution in [0, 0.1) is 6.92 Å². The van der Waals surface area contributed by atoms with E-state index in [1.165, 1.54) is 0 Å². The van der Waals surface area contributed by atoms with Crippen LogP contribution >= 0.6 is 0 Å². The summed E-state index contributed by atoms with van der Waals surface area (Å²) in [7, 11) is 0. The fourth-order valence-electron chi connectivity index (χ4n) is 3.07. The molecule has 0 spiro atoms. The molecule has 5 nitrogen and oxygen atoms in total. The van der Waals surface area contributed by atoms with Crippen molar-refractivity contribution < 1.29 is 19.1 Å². The Labute approximate surface area is 164 Å². The molecule has 144 valence electrons. The van der Waals surface area contributed by atoms with Gasteiger partial charge in [0.1, 0.15) is 11.1 Å². The van der Waals surface area contributed by atoms with Crippen molar-refractivity contribution in [2.24, 2.45) is 0 Å². The first kappa shape index (κ1) is 19.4. The van der Waals surface area contributed by atoms with Gasteiger partial charge in [0.25, 0.3) is 0 Å². The van der Waals surface area contributed by atoms with Gasteiger partial charge in [0, 0.05) is 0 Å². The van der Waals surface area contributed by atoms with Crippen LogP contribution in [0.3, 0.4) is 0 Å². The molecule has 0 amide bonds. The minimum Gasteiger partial charge on any atom is -0.462 e. The highest BCUT2D eigenvalue weighted by Gasteiger charge is 2.30. The Morgan fingerprint density at radius 1 is 0.750 bits per heavy atom. The molecule has 0 atom stereocenters. The topological polar surface area (TPSA) is 68.4 Å². The molecule has 3 aromatic rings. The summed E-state index contributed by atoms with van der Waals surface area (Å²) in [5.41, 5.74) is 4.15. The van der Waals surface area contributed by atoms with Crippen molar-refractivity contribution in [3.8, 4) is 22.5 Å². The van der Waals surface area contributed by atoms with Crippen LogP contribution < -0.4 is 0 Å². The van der Waals surface area contributed by atoms with E-state index in [1.807, 2.05) is 61.5 Å². The summed E-state index contributed by atoms with van der Waals surface area (Å²) in [6, 6.07) is 17.1. The van der Waals surface area contributed by atoms with E-state index >= 15 is 0 Å². The number of aromatic nitrogens is 1. The number of H-pyrrole nitrogens is 1. The van der Waals surface area contributed by atoms with Gasteiger partial charge in [0.2, 0.25) is 0 Å². The lowest BCUT2D eigenvalue weighted by molar-refractivity contribution is 0.0481. The van der Waals surface area contributed by atoms with Gasteiger partial charge in [-0.05, 0) is 31.9 Å². The van der Waals surface area contributed by atoms with Gasteiger partial charge in [-0.2, -0.15) is 0 Å². The number of esters is 2. The van der Waals surface area contributed by atoms with E-state index in [1.54, 1.807) is 13.8 Å². The molecule has 28 heavy (non-hydrogen) atoms. The minimum absolute atomic E-state index is 0.196. The molecule has 1 N–H and O–H groups in total. The van der Waals surface area contributed by atoms with Crippen LogP contribution in [0.2, 0.25) is 0 Å². The maximum absolute atomic E-state index is 12.8. The first-order chi connectivity index (χ1) is 13.6. The highest BCUT2D eigenvalue weighted by molar-refractivity contribution is 6.11. The van der Waals surface area contributed by atoms with Crippen molar-refractivity contribution in [1.29, 1.82) is 0 Å². The molecule has 3 rings (SSSR count). The Bertz CT molecular complexity index is 972. The van der Waals surface area contributed by atoms with Gasteiger partial charge < -0.3 is 14.5 Å². The van der Waals surface area contributed by atoms with E-state index in [4.69, 9.17) is 9.47 Å². The summed E-state index contributed by atoms with van der Waals surface area (Å²) in [6.45, 7) is 5.88. The lowest BCUT2D eigenvalue weighted by atomic mass is 10.0. The molecule has 0 fully saturated rings. The van der Waals surface area contributed by atoms with Gasteiger partial charge in [0.05, 0.1) is 24.6 Å². The largest absolute Gasteiger partial charge is 0.462 e. The maximum atomic E-state index is 12.8. The number of ether oxygens (including phenoxy) is 2. The molecular weight excluding hydrogens is 354 g/mol. The van der Waals surface area contributed by atoms with Crippen molar-refractivity contribution in [2.45, 2.75) is 20.8 Å². The molecule has 0 saturated carbocycles. The van der Waals surface area contributed by atoms with Gasteiger partial charge in [-0.25, -0.2) is 9.59 Å².